The molecule has 1 aromatic carbocycles. The molecule has 0 saturated carbocycles. The third kappa shape index (κ3) is 2.80. The third-order valence-electron chi connectivity index (χ3n) is 3.76. The van der Waals surface area contributed by atoms with Crippen LogP contribution in [0.5, 0.6) is 0 Å². The van der Waals surface area contributed by atoms with E-state index in [0.29, 0.717) is 6.04 Å². The van der Waals surface area contributed by atoms with E-state index in [-0.39, 0.29) is 0 Å². The first kappa shape index (κ1) is 13.8. The molecule has 1 aliphatic heterocycles. The number of nitrogens with one attached hydrogen (secondary N) is 1. The predicted molar refractivity (Wildman–Crippen MR) is 84.1 cm³/mol. The zero-order chi connectivity index (χ0) is 13.9. The minimum absolute atomic E-state index is 0.297. The van der Waals surface area contributed by atoms with Crippen LogP contribution in [-0.4, -0.2) is 6.54 Å². The lowest BCUT2D eigenvalue weighted by atomic mass is 9.97. The molecule has 1 unspecified atom stereocenters. The van der Waals surface area contributed by atoms with Crippen LogP contribution in [0.15, 0.2) is 29.6 Å². The maximum absolute atomic E-state index is 5.52. The average molecular weight is 287 g/mol. The Morgan fingerprint density at radius 3 is 2.80 bits per heavy atom. The van der Waals surface area contributed by atoms with Gasteiger partial charge in [0.05, 0.1) is 19.3 Å². The first-order valence-electron chi connectivity index (χ1n) is 7.26. The summed E-state index contributed by atoms with van der Waals surface area (Å²) in [5, 5.41) is 5.94. The molecule has 1 atom stereocenters. The van der Waals surface area contributed by atoms with Gasteiger partial charge in [0.1, 0.15) is 0 Å². The fourth-order valence-corrected chi connectivity index (χ4v) is 3.43. The Hall–Kier alpha value is -1.16. The van der Waals surface area contributed by atoms with Gasteiger partial charge < -0.3 is 10.1 Å². The SMILES string of the molecule is CCCNC(c1csc(C)c1)c1ccc2c(c1)COC2. The lowest BCUT2D eigenvalue weighted by Gasteiger charge is -2.19. The van der Waals surface area contributed by atoms with Crippen LogP contribution in [0.3, 0.4) is 0 Å². The maximum Gasteiger partial charge on any atom is 0.0725 e. The van der Waals surface area contributed by atoms with Gasteiger partial charge in [0.15, 0.2) is 0 Å². The second kappa shape index (κ2) is 6.08. The lowest BCUT2D eigenvalue weighted by Crippen LogP contribution is -2.22. The van der Waals surface area contributed by atoms with Gasteiger partial charge in [-0.1, -0.05) is 25.1 Å². The van der Waals surface area contributed by atoms with E-state index in [0.717, 1.165) is 26.2 Å². The van der Waals surface area contributed by atoms with Crippen LogP contribution in [0.4, 0.5) is 0 Å². The zero-order valence-corrected chi connectivity index (χ0v) is 12.9. The van der Waals surface area contributed by atoms with Gasteiger partial charge in [-0.25, -0.2) is 0 Å². The summed E-state index contributed by atoms with van der Waals surface area (Å²) < 4.78 is 5.52. The molecular weight excluding hydrogens is 266 g/mol. The molecule has 0 aliphatic carbocycles. The smallest absolute Gasteiger partial charge is 0.0725 e. The highest BCUT2D eigenvalue weighted by atomic mass is 32.1. The van der Waals surface area contributed by atoms with Crippen LogP contribution in [-0.2, 0) is 18.0 Å². The quantitative estimate of drug-likeness (QED) is 0.891. The minimum atomic E-state index is 0.297. The topological polar surface area (TPSA) is 21.3 Å². The largest absolute Gasteiger partial charge is 0.372 e. The molecule has 1 aromatic heterocycles. The van der Waals surface area contributed by atoms with Crippen molar-refractivity contribution in [2.24, 2.45) is 0 Å². The lowest BCUT2D eigenvalue weighted by molar-refractivity contribution is 0.134. The summed E-state index contributed by atoms with van der Waals surface area (Å²) in [5.41, 5.74) is 5.41. The van der Waals surface area contributed by atoms with Gasteiger partial charge >= 0.3 is 0 Å². The van der Waals surface area contributed by atoms with E-state index in [1.807, 2.05) is 11.3 Å². The van der Waals surface area contributed by atoms with E-state index in [2.05, 4.69) is 48.8 Å². The van der Waals surface area contributed by atoms with Crippen molar-refractivity contribution in [2.75, 3.05) is 6.54 Å². The van der Waals surface area contributed by atoms with Gasteiger partial charge in [0.25, 0.3) is 0 Å². The van der Waals surface area contributed by atoms with Crippen molar-refractivity contribution in [1.29, 1.82) is 0 Å². The fourth-order valence-electron chi connectivity index (χ4n) is 2.70. The number of hydrogen-bond acceptors (Lipinski definition) is 3. The van der Waals surface area contributed by atoms with E-state index in [9.17, 15) is 0 Å². The van der Waals surface area contributed by atoms with Gasteiger partial charge in [-0.15, -0.1) is 11.3 Å². The molecule has 2 aromatic rings. The molecule has 3 heteroatoms. The summed E-state index contributed by atoms with van der Waals surface area (Å²) in [5.74, 6) is 0. The van der Waals surface area contributed by atoms with E-state index < -0.39 is 0 Å². The standard InChI is InChI=1S/C17H21NOS/c1-3-6-18-17(16-7-12(2)20-11-16)13-4-5-14-9-19-10-15(14)8-13/h4-5,7-8,11,17-18H,3,6,9-10H2,1-2H3. The van der Waals surface area contributed by atoms with Crippen LogP contribution < -0.4 is 5.32 Å². The molecule has 20 heavy (non-hydrogen) atoms. The van der Waals surface area contributed by atoms with Gasteiger partial charge in [-0.05, 0) is 53.6 Å². The fraction of sp³-hybridized carbons (Fsp3) is 0.412. The van der Waals surface area contributed by atoms with Crippen molar-refractivity contribution < 1.29 is 4.74 Å². The van der Waals surface area contributed by atoms with Crippen molar-refractivity contribution >= 4 is 11.3 Å². The van der Waals surface area contributed by atoms with E-state index in [1.165, 1.54) is 27.1 Å². The number of fused-ring (bicyclic) bond motifs is 1. The number of aryl methyl sites for hydroxylation is 1. The Morgan fingerprint density at radius 2 is 2.05 bits per heavy atom. The number of thiophene rings is 1. The zero-order valence-electron chi connectivity index (χ0n) is 12.1. The molecule has 2 nitrogen and oxygen atoms in total. The molecule has 3 rings (SSSR count). The Kier molecular flexibility index (Phi) is 4.20. The summed E-state index contributed by atoms with van der Waals surface area (Å²) in [4.78, 5) is 1.37. The Labute approximate surface area is 124 Å². The highest BCUT2D eigenvalue weighted by Gasteiger charge is 2.18. The monoisotopic (exact) mass is 287 g/mol. The van der Waals surface area contributed by atoms with Crippen LogP contribution in [0.1, 0.15) is 46.5 Å². The minimum Gasteiger partial charge on any atom is -0.372 e. The molecule has 1 aliphatic rings. The predicted octanol–water partition coefficient (Wildman–Crippen LogP) is 4.18. The summed E-state index contributed by atoms with van der Waals surface area (Å²) >= 11 is 1.82. The molecule has 106 valence electrons. The summed E-state index contributed by atoms with van der Waals surface area (Å²) in [6.07, 6.45) is 1.15. The molecule has 2 heterocycles. The van der Waals surface area contributed by atoms with Crippen molar-refractivity contribution in [3.8, 4) is 0 Å². The molecular formula is C17H21NOS. The molecule has 0 spiro atoms. The molecule has 0 fully saturated rings. The van der Waals surface area contributed by atoms with Gasteiger partial charge in [0.2, 0.25) is 0 Å². The van der Waals surface area contributed by atoms with E-state index in [1.54, 1.807) is 0 Å². The molecule has 1 N–H and O–H groups in total. The van der Waals surface area contributed by atoms with E-state index in [4.69, 9.17) is 4.74 Å². The average Bonchev–Trinajstić information content (AvgIpc) is 3.07. The number of ether oxygens (including phenoxy) is 1. The number of benzene rings is 1. The summed E-state index contributed by atoms with van der Waals surface area (Å²) in [7, 11) is 0. The van der Waals surface area contributed by atoms with Crippen LogP contribution >= 0.6 is 11.3 Å². The second-order valence-corrected chi connectivity index (χ2v) is 6.51. The van der Waals surface area contributed by atoms with Crippen molar-refractivity contribution in [2.45, 2.75) is 39.5 Å². The van der Waals surface area contributed by atoms with Gasteiger partial charge in [-0.2, -0.15) is 0 Å². The number of rotatable bonds is 5. The summed E-state index contributed by atoms with van der Waals surface area (Å²) in [6, 6.07) is 9.36. The molecule has 0 saturated heterocycles. The Balaban J connectivity index is 1.92. The normalized spacial score (nSPS) is 15.3. The third-order valence-corrected chi connectivity index (χ3v) is 4.64. The highest BCUT2D eigenvalue weighted by molar-refractivity contribution is 7.10. The van der Waals surface area contributed by atoms with E-state index >= 15 is 0 Å². The van der Waals surface area contributed by atoms with Crippen LogP contribution in [0.2, 0.25) is 0 Å². The molecule has 0 radical (unpaired) electrons. The molecule has 0 amide bonds. The molecule has 0 bridgehead atoms. The number of hydrogen-bond donors (Lipinski definition) is 1. The van der Waals surface area contributed by atoms with Crippen LogP contribution in [0, 0.1) is 6.92 Å². The van der Waals surface area contributed by atoms with Crippen molar-refractivity contribution in [1.82, 2.24) is 5.32 Å². The highest BCUT2D eigenvalue weighted by Crippen LogP contribution is 2.29. The maximum atomic E-state index is 5.52. The van der Waals surface area contributed by atoms with Gasteiger partial charge in [-0.3, -0.25) is 0 Å². The van der Waals surface area contributed by atoms with Crippen molar-refractivity contribution in [3.63, 3.8) is 0 Å². The Bertz CT molecular complexity index is 590. The van der Waals surface area contributed by atoms with Crippen LogP contribution in [0.25, 0.3) is 0 Å². The first-order valence-corrected chi connectivity index (χ1v) is 8.13. The van der Waals surface area contributed by atoms with Gasteiger partial charge in [0, 0.05) is 4.88 Å². The Morgan fingerprint density at radius 1 is 1.20 bits per heavy atom. The van der Waals surface area contributed by atoms with Crippen molar-refractivity contribution in [3.05, 3.63) is 56.8 Å². The second-order valence-electron chi connectivity index (χ2n) is 5.40. The summed E-state index contributed by atoms with van der Waals surface area (Å²) in [6.45, 7) is 6.93. The first-order chi connectivity index (χ1) is 9.78.